The highest BCUT2D eigenvalue weighted by atomic mass is 16.6. The Balaban J connectivity index is 0. The molecule has 31 heavy (non-hydrogen) atoms. The van der Waals surface area contributed by atoms with Crippen molar-refractivity contribution in [1.29, 1.82) is 0 Å². The van der Waals surface area contributed by atoms with Crippen LogP contribution >= 0.6 is 0 Å². The smallest absolute Gasteiger partial charge is 0.408 e. The maximum absolute atomic E-state index is 11.5. The molecule has 11 nitrogen and oxygen atoms in total. The van der Waals surface area contributed by atoms with Crippen LogP contribution in [0.2, 0.25) is 0 Å². The molecule has 0 radical (unpaired) electrons. The van der Waals surface area contributed by atoms with Crippen LogP contribution in [0.25, 0.3) is 0 Å². The zero-order chi connectivity index (χ0) is 25.1. The van der Waals surface area contributed by atoms with Crippen LogP contribution in [0.15, 0.2) is 0 Å². The number of nitrogens with one attached hydrogen (secondary N) is 2. The number of esters is 1. The second kappa shape index (κ2) is 12.7. The molecule has 2 amide bonds. The van der Waals surface area contributed by atoms with Crippen LogP contribution in [0.3, 0.4) is 0 Å². The molecule has 0 fully saturated rings. The van der Waals surface area contributed by atoms with E-state index < -0.39 is 40.4 Å². The van der Waals surface area contributed by atoms with Gasteiger partial charge in [-0.05, 0) is 55.4 Å². The first-order valence-electron chi connectivity index (χ1n) is 9.78. The molecule has 0 rings (SSSR count). The summed E-state index contributed by atoms with van der Waals surface area (Å²) >= 11 is 0. The van der Waals surface area contributed by atoms with E-state index in [0.717, 1.165) is 0 Å². The molecule has 0 aliphatic rings. The average Bonchev–Trinajstić information content (AvgIpc) is 2.57. The van der Waals surface area contributed by atoms with E-state index in [1.54, 1.807) is 48.5 Å². The van der Waals surface area contributed by atoms with Gasteiger partial charge in [0.25, 0.3) is 0 Å². The van der Waals surface area contributed by atoms with Gasteiger partial charge >= 0.3 is 18.2 Å². The Bertz CT molecular complexity index is 578. The Labute approximate surface area is 184 Å². The Morgan fingerprint density at radius 3 is 1.26 bits per heavy atom. The molecule has 0 aromatic carbocycles. The fourth-order valence-corrected chi connectivity index (χ4v) is 1.61. The summed E-state index contributed by atoms with van der Waals surface area (Å²) in [5.74, 6) is -0.476. The topological polar surface area (TPSA) is 164 Å². The van der Waals surface area contributed by atoms with Crippen LogP contribution in [0.1, 0.15) is 62.3 Å². The normalized spacial score (nSPS) is 13.7. The number of hydrogen-bond acceptors (Lipinski definition) is 9. The zero-order valence-electron chi connectivity index (χ0n) is 20.1. The molecule has 0 saturated carbocycles. The van der Waals surface area contributed by atoms with Gasteiger partial charge in [-0.15, -0.1) is 0 Å². The van der Waals surface area contributed by atoms with Gasteiger partial charge in [-0.1, -0.05) is 0 Å². The van der Waals surface area contributed by atoms with Crippen LogP contribution in [0.5, 0.6) is 0 Å². The van der Waals surface area contributed by atoms with Gasteiger partial charge in [0.15, 0.2) is 0 Å². The third-order valence-corrected chi connectivity index (χ3v) is 3.25. The molecule has 184 valence electrons. The van der Waals surface area contributed by atoms with Crippen molar-refractivity contribution >= 4 is 18.2 Å². The van der Waals surface area contributed by atoms with E-state index in [1.165, 1.54) is 13.8 Å². The lowest BCUT2D eigenvalue weighted by atomic mass is 10.1. The molecule has 1 atom stereocenters. The lowest BCUT2D eigenvalue weighted by molar-refractivity contribution is -0.143. The maximum atomic E-state index is 11.5. The summed E-state index contributed by atoms with van der Waals surface area (Å²) in [5.41, 5.74) is -3.30. The van der Waals surface area contributed by atoms with Crippen molar-refractivity contribution in [3.05, 3.63) is 0 Å². The lowest BCUT2D eigenvalue weighted by Gasteiger charge is -2.29. The summed E-state index contributed by atoms with van der Waals surface area (Å²) in [5, 5.41) is 31.8. The predicted octanol–water partition coefficient (Wildman–Crippen LogP) is 1.08. The van der Waals surface area contributed by atoms with Crippen molar-refractivity contribution in [3.63, 3.8) is 0 Å². The number of alkyl carbamates (subject to hydrolysis) is 2. The van der Waals surface area contributed by atoms with E-state index in [4.69, 9.17) is 24.4 Å². The summed E-state index contributed by atoms with van der Waals surface area (Å²) < 4.78 is 14.8. The second-order valence-electron chi connectivity index (χ2n) is 9.63. The van der Waals surface area contributed by atoms with Crippen molar-refractivity contribution < 1.29 is 43.9 Å². The fraction of sp³-hybridized carbons (Fsp3) is 0.850. The number of aliphatic hydroxyl groups excluding tert-OH is 3. The van der Waals surface area contributed by atoms with Gasteiger partial charge in [0.05, 0.1) is 30.9 Å². The number of ether oxygens (including phenoxy) is 3. The Hall–Kier alpha value is -2.11. The first-order valence-corrected chi connectivity index (χ1v) is 9.78. The largest absolute Gasteiger partial charge is 0.463 e. The van der Waals surface area contributed by atoms with Crippen molar-refractivity contribution in [1.82, 2.24) is 10.6 Å². The minimum atomic E-state index is -1.05. The first-order chi connectivity index (χ1) is 13.8. The van der Waals surface area contributed by atoms with Gasteiger partial charge < -0.3 is 40.2 Å². The molecule has 0 heterocycles. The van der Waals surface area contributed by atoms with Gasteiger partial charge in [-0.3, -0.25) is 4.79 Å². The van der Waals surface area contributed by atoms with Gasteiger partial charge in [0.1, 0.15) is 17.8 Å². The molecular weight excluding hydrogens is 412 g/mol. The van der Waals surface area contributed by atoms with Gasteiger partial charge in [-0.25, -0.2) is 9.59 Å². The molecule has 0 aromatic heterocycles. The molecule has 0 aliphatic heterocycles. The van der Waals surface area contributed by atoms with Crippen molar-refractivity contribution in [2.75, 3.05) is 26.4 Å². The van der Waals surface area contributed by atoms with Crippen molar-refractivity contribution in [3.8, 4) is 0 Å². The van der Waals surface area contributed by atoms with Crippen LogP contribution in [0.4, 0.5) is 9.59 Å². The van der Waals surface area contributed by atoms with Crippen LogP contribution in [-0.4, -0.2) is 82.2 Å². The molecule has 0 aliphatic carbocycles. The van der Waals surface area contributed by atoms with E-state index in [2.05, 4.69) is 10.6 Å². The van der Waals surface area contributed by atoms with Crippen LogP contribution in [-0.2, 0) is 19.0 Å². The van der Waals surface area contributed by atoms with Gasteiger partial charge in [-0.2, -0.15) is 0 Å². The summed E-state index contributed by atoms with van der Waals surface area (Å²) in [7, 11) is 0. The summed E-state index contributed by atoms with van der Waals surface area (Å²) in [6.07, 6.45) is -1.32. The van der Waals surface area contributed by atoms with Gasteiger partial charge in [0.2, 0.25) is 0 Å². The van der Waals surface area contributed by atoms with Crippen molar-refractivity contribution in [2.24, 2.45) is 0 Å². The van der Waals surface area contributed by atoms with Crippen LogP contribution < -0.4 is 10.6 Å². The number of carbonyl (C=O) groups is 3. The molecule has 0 saturated heterocycles. The molecular formula is C20H40N2O9. The highest BCUT2D eigenvalue weighted by molar-refractivity contribution is 5.69. The number of hydrogen-bond donors (Lipinski definition) is 5. The highest BCUT2D eigenvalue weighted by Crippen LogP contribution is 2.10. The van der Waals surface area contributed by atoms with E-state index in [0.29, 0.717) is 0 Å². The predicted molar refractivity (Wildman–Crippen MR) is 113 cm³/mol. The summed E-state index contributed by atoms with van der Waals surface area (Å²) in [4.78, 5) is 33.4. The Kier molecular flexibility index (Phi) is 12.7. The monoisotopic (exact) mass is 452 g/mol. The molecule has 0 bridgehead atoms. The third-order valence-electron chi connectivity index (χ3n) is 3.25. The maximum Gasteiger partial charge on any atom is 0.408 e. The molecule has 11 heteroatoms. The van der Waals surface area contributed by atoms with Gasteiger partial charge in [0, 0.05) is 6.92 Å². The Morgan fingerprint density at radius 2 is 1.00 bits per heavy atom. The fourth-order valence-electron chi connectivity index (χ4n) is 1.61. The number of rotatable bonds is 7. The standard InChI is InChI=1S/C11H21NO5.C9H19NO4/c1-8(14)16-7-11(5,6-13)12-9(15)17-10(2,3)4;1-8(2,3)14-7(13)10-9(4,5-11)6-12/h13H,6-7H2,1-5H3,(H,12,15);11-12H,5-6H2,1-4H3,(H,10,13)/t11-;/m0./s1. The summed E-state index contributed by atoms with van der Waals surface area (Å²) in [6.45, 7) is 13.6. The lowest BCUT2D eigenvalue weighted by Crippen LogP contribution is -2.53. The second-order valence-corrected chi connectivity index (χ2v) is 9.63. The zero-order valence-corrected chi connectivity index (χ0v) is 20.1. The third kappa shape index (κ3) is 17.3. The Morgan fingerprint density at radius 1 is 0.677 bits per heavy atom. The van der Waals surface area contributed by atoms with Crippen LogP contribution in [0, 0.1) is 0 Å². The number of carbonyl (C=O) groups excluding carboxylic acids is 3. The highest BCUT2D eigenvalue weighted by Gasteiger charge is 2.30. The molecule has 5 N–H and O–H groups in total. The minimum absolute atomic E-state index is 0.113. The SMILES string of the molecule is CC(=O)OC[C@](C)(CO)NC(=O)OC(C)(C)C.CC(CO)(CO)NC(=O)OC(C)(C)C. The van der Waals surface area contributed by atoms with E-state index in [-0.39, 0.29) is 26.4 Å². The number of amides is 2. The molecule has 0 spiro atoms. The molecule has 0 aromatic rings. The quantitative estimate of drug-likeness (QED) is 0.281. The van der Waals surface area contributed by atoms with E-state index in [9.17, 15) is 19.5 Å². The van der Waals surface area contributed by atoms with E-state index in [1.807, 2.05) is 0 Å². The average molecular weight is 453 g/mol. The minimum Gasteiger partial charge on any atom is -0.463 e. The van der Waals surface area contributed by atoms with Crippen molar-refractivity contribution in [2.45, 2.75) is 84.6 Å². The molecule has 0 unspecified atom stereocenters. The number of aliphatic hydroxyl groups is 3. The first kappa shape index (κ1) is 31.1. The van der Waals surface area contributed by atoms with E-state index >= 15 is 0 Å². The summed E-state index contributed by atoms with van der Waals surface area (Å²) in [6, 6.07) is 0.